The molecule has 0 amide bonds. The Labute approximate surface area is 102 Å². The van der Waals surface area contributed by atoms with Crippen molar-refractivity contribution in [2.45, 2.75) is 13.3 Å². The second-order valence-electron chi connectivity index (χ2n) is 3.88. The zero-order valence-electron chi connectivity index (χ0n) is 9.77. The molecule has 84 valence electrons. The van der Waals surface area contributed by atoms with Crippen molar-refractivity contribution in [2.24, 2.45) is 0 Å². The Bertz CT molecular complexity index is 538. The highest BCUT2D eigenvalue weighted by Crippen LogP contribution is 2.29. The van der Waals surface area contributed by atoms with Gasteiger partial charge in [0.2, 0.25) is 0 Å². The molecule has 3 rings (SSSR count). The van der Waals surface area contributed by atoms with Crippen molar-refractivity contribution in [3.8, 4) is 29.2 Å². The van der Waals surface area contributed by atoms with Gasteiger partial charge >= 0.3 is 0 Å². The molecule has 1 aromatic carbocycles. The quantitative estimate of drug-likeness (QED) is 0.624. The van der Waals surface area contributed by atoms with Crippen LogP contribution < -0.4 is 0 Å². The summed E-state index contributed by atoms with van der Waals surface area (Å²) in [6, 6.07) is 13.7. The van der Waals surface area contributed by atoms with Crippen molar-refractivity contribution >= 4 is 0 Å². The van der Waals surface area contributed by atoms with E-state index in [1.54, 1.807) is 12.1 Å². The smallest absolute Gasteiger partial charge is 0.120 e. The first-order valence-electron chi connectivity index (χ1n) is 5.64. The van der Waals surface area contributed by atoms with Crippen LogP contribution in [0, 0.1) is 12.3 Å². The summed E-state index contributed by atoms with van der Waals surface area (Å²) in [6.07, 6.45) is 6.00. The summed E-state index contributed by atoms with van der Waals surface area (Å²) in [5.41, 5.74) is 4.49. The van der Waals surface area contributed by atoms with Crippen molar-refractivity contribution in [1.29, 1.82) is 0 Å². The summed E-state index contributed by atoms with van der Waals surface area (Å²) in [5, 5.41) is 9.33. The van der Waals surface area contributed by atoms with E-state index in [2.05, 4.69) is 30.2 Å². The second-order valence-corrected chi connectivity index (χ2v) is 3.88. The van der Waals surface area contributed by atoms with Gasteiger partial charge in [0.1, 0.15) is 5.75 Å². The van der Waals surface area contributed by atoms with Crippen LogP contribution in [0.25, 0.3) is 11.1 Å². The predicted octanol–water partition coefficient (Wildman–Crippen LogP) is 3.60. The number of hydrogen-bond donors (Lipinski definition) is 1. The van der Waals surface area contributed by atoms with Crippen LogP contribution in [-0.4, -0.2) is 5.11 Å². The first kappa shape index (κ1) is 11.3. The molecule has 0 radical (unpaired) electrons. The summed E-state index contributed by atoms with van der Waals surface area (Å²) in [4.78, 5) is 0. The number of aromatic hydroxyl groups is 1. The van der Waals surface area contributed by atoms with E-state index in [4.69, 9.17) is 6.42 Å². The van der Waals surface area contributed by atoms with E-state index in [-0.39, 0.29) is 0 Å². The number of fused-ring (bicyclic) bond motifs is 1. The fourth-order valence-electron chi connectivity index (χ4n) is 1.74. The Morgan fingerprint density at radius 3 is 1.94 bits per heavy atom. The van der Waals surface area contributed by atoms with Crippen molar-refractivity contribution in [3.05, 3.63) is 53.6 Å². The van der Waals surface area contributed by atoms with E-state index in [1.165, 1.54) is 11.1 Å². The van der Waals surface area contributed by atoms with Crippen molar-refractivity contribution in [1.82, 2.24) is 0 Å². The number of phenols is 1. The van der Waals surface area contributed by atoms with E-state index in [0.717, 1.165) is 17.5 Å². The third kappa shape index (κ3) is 2.16. The zero-order chi connectivity index (χ0) is 12.3. The maximum absolute atomic E-state index is 9.33. The topological polar surface area (TPSA) is 20.2 Å². The van der Waals surface area contributed by atoms with Crippen LogP contribution in [0.1, 0.15) is 18.1 Å². The SMILES string of the molecule is C#Cc1cccc(O)c1CC.c1cc2ccc1-2. The fourth-order valence-corrected chi connectivity index (χ4v) is 1.74. The molecule has 0 bridgehead atoms. The molecule has 0 aliphatic heterocycles. The van der Waals surface area contributed by atoms with E-state index >= 15 is 0 Å². The predicted molar refractivity (Wildman–Crippen MR) is 70.9 cm³/mol. The summed E-state index contributed by atoms with van der Waals surface area (Å²) < 4.78 is 0. The number of benzene rings is 2. The normalized spacial score (nSPS) is 9.88. The molecule has 0 spiro atoms. The van der Waals surface area contributed by atoms with E-state index in [0.29, 0.717) is 5.75 Å². The Morgan fingerprint density at radius 2 is 1.65 bits per heavy atom. The molecule has 1 aromatic rings. The van der Waals surface area contributed by atoms with Crippen LogP contribution in [0.15, 0.2) is 42.5 Å². The third-order valence-electron chi connectivity index (χ3n) is 2.88. The Morgan fingerprint density at radius 1 is 1.06 bits per heavy atom. The van der Waals surface area contributed by atoms with Crippen LogP contribution in [0.5, 0.6) is 5.75 Å². The third-order valence-corrected chi connectivity index (χ3v) is 2.88. The molecular formula is C16H14O. The Kier molecular flexibility index (Phi) is 3.16. The van der Waals surface area contributed by atoms with Crippen molar-refractivity contribution < 1.29 is 5.11 Å². The first-order chi connectivity index (χ1) is 8.26. The Hall–Kier alpha value is -2.20. The highest BCUT2D eigenvalue weighted by molar-refractivity contribution is 5.75. The lowest BCUT2D eigenvalue weighted by atomic mass is 9.95. The molecule has 0 aromatic heterocycles. The van der Waals surface area contributed by atoms with Gasteiger partial charge in [0.05, 0.1) is 0 Å². The molecule has 1 nitrogen and oxygen atoms in total. The highest BCUT2D eigenvalue weighted by atomic mass is 16.3. The van der Waals surface area contributed by atoms with Crippen LogP contribution in [0.2, 0.25) is 0 Å². The molecule has 0 saturated heterocycles. The number of phenolic OH excluding ortho intramolecular Hbond substituents is 1. The van der Waals surface area contributed by atoms with Crippen molar-refractivity contribution in [2.75, 3.05) is 0 Å². The van der Waals surface area contributed by atoms with Crippen LogP contribution in [0.4, 0.5) is 0 Å². The summed E-state index contributed by atoms with van der Waals surface area (Å²) >= 11 is 0. The van der Waals surface area contributed by atoms with Crippen LogP contribution in [-0.2, 0) is 6.42 Å². The molecule has 2 aliphatic carbocycles. The van der Waals surface area contributed by atoms with E-state index < -0.39 is 0 Å². The maximum Gasteiger partial charge on any atom is 0.120 e. The molecule has 1 N–H and O–H groups in total. The molecule has 0 unspecified atom stereocenters. The second kappa shape index (κ2) is 4.76. The Balaban J connectivity index is 0.000000148. The average molecular weight is 222 g/mol. The van der Waals surface area contributed by atoms with Gasteiger partial charge in [-0.3, -0.25) is 0 Å². The molecule has 2 aliphatic rings. The molecule has 17 heavy (non-hydrogen) atoms. The summed E-state index contributed by atoms with van der Waals surface area (Å²) in [7, 11) is 0. The first-order valence-corrected chi connectivity index (χ1v) is 5.64. The zero-order valence-corrected chi connectivity index (χ0v) is 9.77. The van der Waals surface area contributed by atoms with Gasteiger partial charge in [0, 0.05) is 11.1 Å². The molecule has 0 heterocycles. The van der Waals surface area contributed by atoms with E-state index in [1.807, 2.05) is 13.0 Å². The summed E-state index contributed by atoms with van der Waals surface area (Å²) in [6.45, 7) is 1.97. The van der Waals surface area contributed by atoms with Gasteiger partial charge in [-0.15, -0.1) is 6.42 Å². The molecular weight excluding hydrogens is 208 g/mol. The minimum Gasteiger partial charge on any atom is -0.508 e. The molecule has 0 atom stereocenters. The average Bonchev–Trinajstić information content (AvgIpc) is 2.34. The minimum absolute atomic E-state index is 0.294. The van der Waals surface area contributed by atoms with E-state index in [9.17, 15) is 5.11 Å². The standard InChI is InChI=1S/C10H10O.C6H4/c1-3-8-6-5-7-10(11)9(8)4-2;1-2-6-4-3-5(1)6/h1,5-7,11H,4H2,2H3;1-4H. The molecule has 0 saturated carbocycles. The number of terminal acetylenes is 1. The molecule has 1 heteroatoms. The lowest BCUT2D eigenvalue weighted by Crippen LogP contribution is -1.86. The van der Waals surface area contributed by atoms with Gasteiger partial charge in [-0.1, -0.05) is 43.2 Å². The van der Waals surface area contributed by atoms with Crippen LogP contribution >= 0.6 is 0 Å². The highest BCUT2D eigenvalue weighted by Gasteiger charge is 2.04. The molecule has 0 fully saturated rings. The van der Waals surface area contributed by atoms with Gasteiger partial charge in [0.15, 0.2) is 0 Å². The fraction of sp³-hybridized carbons (Fsp3) is 0.125. The summed E-state index contributed by atoms with van der Waals surface area (Å²) in [5.74, 6) is 2.82. The van der Waals surface area contributed by atoms with Gasteiger partial charge in [-0.2, -0.15) is 0 Å². The van der Waals surface area contributed by atoms with Gasteiger partial charge < -0.3 is 5.11 Å². The maximum atomic E-state index is 9.33. The van der Waals surface area contributed by atoms with Crippen molar-refractivity contribution in [3.63, 3.8) is 0 Å². The monoisotopic (exact) mass is 222 g/mol. The van der Waals surface area contributed by atoms with Gasteiger partial charge in [-0.05, 0) is 29.7 Å². The number of hydrogen-bond acceptors (Lipinski definition) is 1. The lowest BCUT2D eigenvalue weighted by molar-refractivity contribution is 0.468. The minimum atomic E-state index is 0.294. The van der Waals surface area contributed by atoms with Gasteiger partial charge in [0.25, 0.3) is 0 Å². The van der Waals surface area contributed by atoms with Crippen LogP contribution in [0.3, 0.4) is 0 Å². The lowest BCUT2D eigenvalue weighted by Gasteiger charge is -2.10. The largest absolute Gasteiger partial charge is 0.508 e. The number of rotatable bonds is 1. The van der Waals surface area contributed by atoms with Gasteiger partial charge in [-0.25, -0.2) is 0 Å².